The number of hydrogen-bond donors (Lipinski definition) is 0. The fraction of sp³-hybridized carbons (Fsp3) is 0. The number of aromatic nitrogens is 4. The molecule has 0 amide bonds. The van der Waals surface area contributed by atoms with Gasteiger partial charge in [-0.1, -0.05) is 152 Å². The molecular formula is C51H34N5OP. The van der Waals surface area contributed by atoms with Crippen molar-refractivity contribution in [2.24, 2.45) is 0 Å². The summed E-state index contributed by atoms with van der Waals surface area (Å²) < 4.78 is 18.5. The van der Waals surface area contributed by atoms with Crippen molar-refractivity contribution < 1.29 is 4.57 Å². The molecule has 0 N–H and O–H groups in total. The molecule has 274 valence electrons. The molecule has 58 heavy (non-hydrogen) atoms. The summed E-state index contributed by atoms with van der Waals surface area (Å²) in [6, 6.07) is 69.8. The Bertz CT molecular complexity index is 3130. The lowest BCUT2D eigenvalue weighted by atomic mass is 10.1. The lowest BCUT2D eigenvalue weighted by Gasteiger charge is -2.38. The first-order valence-electron chi connectivity index (χ1n) is 19.3. The number of fused-ring (bicyclic) bond motifs is 5. The van der Waals surface area contributed by atoms with Crippen molar-refractivity contribution in [3.63, 3.8) is 0 Å². The largest absolute Gasteiger partial charge is 0.309 e. The SMILES string of the molecule is O=P1(c2ccccc2)c2ccccc2N(c2ccccc2)c2cc3c4ccc(-c5nc(-c6ccccc6)nc(-c6ccccc6)n5)cc4n(-c4ccccc4)c3cc21. The van der Waals surface area contributed by atoms with Crippen LogP contribution in [0.5, 0.6) is 0 Å². The van der Waals surface area contributed by atoms with Crippen LogP contribution in [0.25, 0.3) is 61.7 Å². The number of para-hydroxylation sites is 3. The average molecular weight is 764 g/mol. The molecule has 0 saturated heterocycles. The Morgan fingerprint density at radius 3 is 1.50 bits per heavy atom. The Morgan fingerprint density at radius 1 is 0.379 bits per heavy atom. The lowest BCUT2D eigenvalue weighted by Crippen LogP contribution is -2.36. The van der Waals surface area contributed by atoms with E-state index < -0.39 is 7.14 Å². The van der Waals surface area contributed by atoms with E-state index in [1.807, 2.05) is 121 Å². The quantitative estimate of drug-likeness (QED) is 0.158. The van der Waals surface area contributed by atoms with Gasteiger partial charge >= 0.3 is 0 Å². The standard InChI is InChI=1S/C51H34N5OP/c57-58(40-26-14-5-15-27-40)47-29-17-16-28-43(47)55(38-22-10-3-11-23-38)46-33-42-41-31-30-37(32-44(41)56(45(42)34-48(46)58)39-24-12-4-13-25-39)51-53-49(35-18-6-1-7-19-35)52-50(54-51)36-20-8-2-9-21-36/h1-34H. The van der Waals surface area contributed by atoms with Crippen LogP contribution in [0.2, 0.25) is 0 Å². The molecule has 6 nitrogen and oxygen atoms in total. The van der Waals surface area contributed by atoms with E-state index in [2.05, 4.69) is 94.4 Å². The maximum Gasteiger partial charge on any atom is 0.175 e. The van der Waals surface area contributed by atoms with Crippen molar-refractivity contribution in [3.05, 3.63) is 206 Å². The average Bonchev–Trinajstić information content (AvgIpc) is 3.62. The summed E-state index contributed by atoms with van der Waals surface area (Å²) in [7, 11) is -3.37. The van der Waals surface area contributed by atoms with Crippen LogP contribution in [-0.2, 0) is 4.57 Å². The second-order valence-corrected chi connectivity index (χ2v) is 17.1. The number of anilines is 3. The maximum absolute atomic E-state index is 16.2. The summed E-state index contributed by atoms with van der Waals surface area (Å²) in [5.74, 6) is 1.80. The smallest absolute Gasteiger partial charge is 0.175 e. The zero-order valence-electron chi connectivity index (χ0n) is 31.2. The lowest BCUT2D eigenvalue weighted by molar-refractivity contribution is 0.592. The van der Waals surface area contributed by atoms with Crippen molar-refractivity contribution in [1.82, 2.24) is 19.5 Å². The highest BCUT2D eigenvalue weighted by molar-refractivity contribution is 7.86. The second-order valence-electron chi connectivity index (χ2n) is 14.4. The summed E-state index contributed by atoms with van der Waals surface area (Å²) in [4.78, 5) is 17.3. The molecule has 0 fully saturated rings. The minimum absolute atomic E-state index is 0.582. The molecular weight excluding hydrogens is 730 g/mol. The van der Waals surface area contributed by atoms with E-state index in [0.29, 0.717) is 17.5 Å². The molecule has 0 aliphatic carbocycles. The van der Waals surface area contributed by atoms with Gasteiger partial charge in [-0.15, -0.1) is 0 Å². The van der Waals surface area contributed by atoms with Gasteiger partial charge in [-0.05, 0) is 54.6 Å². The summed E-state index contributed by atoms with van der Waals surface area (Å²) in [5, 5.41) is 4.53. The van der Waals surface area contributed by atoms with Gasteiger partial charge in [0.25, 0.3) is 0 Å². The topological polar surface area (TPSA) is 63.9 Å². The van der Waals surface area contributed by atoms with Crippen LogP contribution in [0.15, 0.2) is 206 Å². The van der Waals surface area contributed by atoms with Crippen LogP contribution in [0.4, 0.5) is 17.1 Å². The third-order valence-corrected chi connectivity index (χ3v) is 14.1. The van der Waals surface area contributed by atoms with E-state index in [1.165, 1.54) is 0 Å². The van der Waals surface area contributed by atoms with E-state index in [9.17, 15) is 0 Å². The van der Waals surface area contributed by atoms with Gasteiger partial charge in [0.15, 0.2) is 24.6 Å². The zero-order valence-corrected chi connectivity index (χ0v) is 32.1. The summed E-state index contributed by atoms with van der Waals surface area (Å²) in [5.41, 5.74) is 8.47. The van der Waals surface area contributed by atoms with Crippen LogP contribution < -0.4 is 20.8 Å². The van der Waals surface area contributed by atoms with Gasteiger partial charge in [-0.25, -0.2) is 15.0 Å². The van der Waals surface area contributed by atoms with Crippen molar-refractivity contribution >= 4 is 61.9 Å². The third kappa shape index (κ3) is 5.42. The highest BCUT2D eigenvalue weighted by Crippen LogP contribution is 2.55. The second kappa shape index (κ2) is 13.7. The number of rotatable bonds is 6. The van der Waals surface area contributed by atoms with Crippen LogP contribution in [0, 0.1) is 0 Å². The van der Waals surface area contributed by atoms with Gasteiger partial charge in [0, 0.05) is 54.8 Å². The van der Waals surface area contributed by atoms with Crippen LogP contribution in [0.1, 0.15) is 0 Å². The predicted octanol–water partition coefficient (Wildman–Crippen LogP) is 11.4. The van der Waals surface area contributed by atoms with Crippen molar-refractivity contribution in [3.8, 4) is 39.9 Å². The van der Waals surface area contributed by atoms with Gasteiger partial charge in [-0.3, -0.25) is 0 Å². The Balaban J connectivity index is 1.21. The van der Waals surface area contributed by atoms with Gasteiger partial charge < -0.3 is 14.0 Å². The Labute approximate surface area is 335 Å². The van der Waals surface area contributed by atoms with E-state index in [-0.39, 0.29) is 0 Å². The van der Waals surface area contributed by atoms with Crippen molar-refractivity contribution in [2.75, 3.05) is 4.90 Å². The molecule has 0 spiro atoms. The fourth-order valence-electron chi connectivity index (χ4n) is 8.35. The minimum atomic E-state index is -3.37. The summed E-state index contributed by atoms with van der Waals surface area (Å²) >= 11 is 0. The molecule has 2 aromatic heterocycles. The Morgan fingerprint density at radius 2 is 0.879 bits per heavy atom. The normalized spacial score (nSPS) is 14.7. The van der Waals surface area contributed by atoms with E-state index in [1.54, 1.807) is 0 Å². The highest BCUT2D eigenvalue weighted by atomic mass is 31.2. The molecule has 0 saturated carbocycles. The number of hydrogen-bond acceptors (Lipinski definition) is 5. The van der Waals surface area contributed by atoms with E-state index >= 15 is 4.57 Å². The first-order chi connectivity index (χ1) is 28.6. The summed E-state index contributed by atoms with van der Waals surface area (Å²) in [6.45, 7) is 0. The van der Waals surface area contributed by atoms with Crippen LogP contribution >= 0.6 is 7.14 Å². The molecule has 1 aliphatic heterocycles. The fourth-order valence-corrected chi connectivity index (χ4v) is 11.3. The maximum atomic E-state index is 16.2. The Hall–Kier alpha value is -7.40. The third-order valence-electron chi connectivity index (χ3n) is 11.0. The molecule has 3 heterocycles. The molecule has 0 radical (unpaired) electrons. The number of nitrogens with zero attached hydrogens (tertiary/aromatic N) is 5. The van der Waals surface area contributed by atoms with Crippen molar-refractivity contribution in [2.45, 2.75) is 0 Å². The molecule has 11 rings (SSSR count). The molecule has 1 unspecified atom stereocenters. The molecule has 1 atom stereocenters. The number of benzene rings is 8. The molecule has 1 aliphatic rings. The minimum Gasteiger partial charge on any atom is -0.309 e. The first kappa shape index (κ1) is 33.9. The van der Waals surface area contributed by atoms with Crippen LogP contribution in [-0.4, -0.2) is 19.5 Å². The molecule has 8 aromatic carbocycles. The highest BCUT2D eigenvalue weighted by Gasteiger charge is 2.41. The monoisotopic (exact) mass is 763 g/mol. The molecule has 10 aromatic rings. The van der Waals surface area contributed by atoms with E-state index in [0.717, 1.165) is 77.2 Å². The first-order valence-corrected chi connectivity index (χ1v) is 21.0. The van der Waals surface area contributed by atoms with Gasteiger partial charge in [0.2, 0.25) is 0 Å². The zero-order chi connectivity index (χ0) is 38.6. The van der Waals surface area contributed by atoms with Gasteiger partial charge in [0.1, 0.15) is 0 Å². The molecule has 0 bridgehead atoms. The molecule has 7 heteroatoms. The van der Waals surface area contributed by atoms with Crippen LogP contribution in [0.3, 0.4) is 0 Å². The predicted molar refractivity (Wildman–Crippen MR) is 238 cm³/mol. The van der Waals surface area contributed by atoms with E-state index in [4.69, 9.17) is 15.0 Å². The van der Waals surface area contributed by atoms with Gasteiger partial charge in [0.05, 0.1) is 22.4 Å². The van der Waals surface area contributed by atoms with Gasteiger partial charge in [-0.2, -0.15) is 0 Å². The Kier molecular flexibility index (Phi) is 7.98. The summed E-state index contributed by atoms with van der Waals surface area (Å²) in [6.07, 6.45) is 0. The van der Waals surface area contributed by atoms with Crippen molar-refractivity contribution in [1.29, 1.82) is 0 Å².